The molecule has 2 aromatic carbocycles. The van der Waals surface area contributed by atoms with Crippen molar-refractivity contribution < 1.29 is 13.9 Å². The van der Waals surface area contributed by atoms with Crippen molar-refractivity contribution in [1.29, 1.82) is 0 Å². The first-order valence-corrected chi connectivity index (χ1v) is 11.2. The molecule has 5 nitrogen and oxygen atoms in total. The fourth-order valence-electron chi connectivity index (χ4n) is 3.37. The van der Waals surface area contributed by atoms with E-state index in [0.29, 0.717) is 18.1 Å². The third-order valence-corrected chi connectivity index (χ3v) is 6.14. The maximum absolute atomic E-state index is 12.6. The first-order chi connectivity index (χ1) is 14.8. The summed E-state index contributed by atoms with van der Waals surface area (Å²) in [6.45, 7) is 4.98. The summed E-state index contributed by atoms with van der Waals surface area (Å²) in [4.78, 5) is 16.2. The number of carbonyl (C=O) groups excluding carboxylic acids is 1. The number of hydrogen-bond acceptors (Lipinski definition) is 5. The Hall–Kier alpha value is -2.54. The van der Waals surface area contributed by atoms with Gasteiger partial charge in [-0.25, -0.2) is 0 Å². The summed E-state index contributed by atoms with van der Waals surface area (Å²) in [5, 5.41) is 2.97. The van der Waals surface area contributed by atoms with Gasteiger partial charge in [0.1, 0.15) is 0 Å². The van der Waals surface area contributed by atoms with E-state index in [1.165, 1.54) is 10.5 Å². The minimum Gasteiger partial charge on any atom is -0.459 e. The molecule has 1 aliphatic rings. The average molecular weight is 423 g/mol. The van der Waals surface area contributed by atoms with Gasteiger partial charge in [-0.1, -0.05) is 42.5 Å². The van der Waals surface area contributed by atoms with Crippen molar-refractivity contribution >= 4 is 17.7 Å². The molecule has 1 N–H and O–H groups in total. The number of nitrogens with one attached hydrogen (secondary N) is 1. The number of morpholine rings is 1. The van der Waals surface area contributed by atoms with E-state index < -0.39 is 0 Å². The number of thioether (sulfide) groups is 1. The standard InChI is InChI=1S/C24H26N2O3S/c27-24(23-21(10-13-29-23)18-30-22-4-2-1-3-5-22)25-16-19-6-8-20(9-7-19)17-26-11-14-28-15-12-26/h1-10,13H,11-12,14-18H2,(H,25,27). The summed E-state index contributed by atoms with van der Waals surface area (Å²) < 4.78 is 10.9. The lowest BCUT2D eigenvalue weighted by Gasteiger charge is -2.26. The largest absolute Gasteiger partial charge is 0.459 e. The highest BCUT2D eigenvalue weighted by Crippen LogP contribution is 2.24. The lowest BCUT2D eigenvalue weighted by molar-refractivity contribution is 0.0342. The fourth-order valence-corrected chi connectivity index (χ4v) is 4.27. The molecule has 4 rings (SSSR count). The molecule has 0 radical (unpaired) electrons. The van der Waals surface area contributed by atoms with Gasteiger partial charge < -0.3 is 14.5 Å². The minimum atomic E-state index is -0.180. The van der Waals surface area contributed by atoms with Gasteiger partial charge in [0.15, 0.2) is 5.76 Å². The summed E-state index contributed by atoms with van der Waals surface area (Å²) in [7, 11) is 0. The molecule has 2 heterocycles. The molecule has 0 unspecified atom stereocenters. The van der Waals surface area contributed by atoms with Crippen molar-refractivity contribution in [3.8, 4) is 0 Å². The van der Waals surface area contributed by atoms with Gasteiger partial charge in [-0.15, -0.1) is 11.8 Å². The van der Waals surface area contributed by atoms with E-state index in [1.54, 1.807) is 18.0 Å². The molecule has 0 spiro atoms. The van der Waals surface area contributed by atoms with Crippen molar-refractivity contribution in [2.75, 3.05) is 26.3 Å². The fraction of sp³-hybridized carbons (Fsp3) is 0.292. The van der Waals surface area contributed by atoms with Gasteiger partial charge in [0.25, 0.3) is 5.91 Å². The Morgan fingerprint density at radius 1 is 0.967 bits per heavy atom. The summed E-state index contributed by atoms with van der Waals surface area (Å²) in [5.74, 6) is 0.905. The third kappa shape index (κ3) is 5.75. The molecule has 1 aliphatic heterocycles. The number of hydrogen-bond donors (Lipinski definition) is 1. The minimum absolute atomic E-state index is 0.180. The van der Waals surface area contributed by atoms with Crippen LogP contribution in [0.3, 0.4) is 0 Å². The van der Waals surface area contributed by atoms with Gasteiger partial charge in [0, 0.05) is 42.4 Å². The van der Waals surface area contributed by atoms with Crippen LogP contribution in [0.2, 0.25) is 0 Å². The number of nitrogens with zero attached hydrogens (tertiary/aromatic N) is 1. The van der Waals surface area contributed by atoms with Crippen LogP contribution in [0, 0.1) is 0 Å². The van der Waals surface area contributed by atoms with E-state index in [1.807, 2.05) is 24.3 Å². The summed E-state index contributed by atoms with van der Waals surface area (Å²) >= 11 is 1.69. The van der Waals surface area contributed by atoms with Crippen LogP contribution in [0.5, 0.6) is 0 Å². The Morgan fingerprint density at radius 2 is 1.70 bits per heavy atom. The number of amides is 1. The highest BCUT2D eigenvalue weighted by molar-refractivity contribution is 7.98. The van der Waals surface area contributed by atoms with Gasteiger partial charge in [0.2, 0.25) is 0 Å². The summed E-state index contributed by atoms with van der Waals surface area (Å²) in [6.07, 6.45) is 1.58. The van der Waals surface area contributed by atoms with Crippen LogP contribution in [0.1, 0.15) is 27.2 Å². The molecule has 0 saturated carbocycles. The second kappa shape index (κ2) is 10.5. The van der Waals surface area contributed by atoms with Crippen LogP contribution in [0.25, 0.3) is 0 Å². The Bertz CT molecular complexity index is 935. The number of rotatable bonds is 8. The molecular formula is C24H26N2O3S. The van der Waals surface area contributed by atoms with Crippen molar-refractivity contribution in [3.05, 3.63) is 89.4 Å². The van der Waals surface area contributed by atoms with E-state index in [9.17, 15) is 4.79 Å². The van der Waals surface area contributed by atoms with Crippen LogP contribution >= 0.6 is 11.8 Å². The summed E-state index contributed by atoms with van der Waals surface area (Å²) in [5.41, 5.74) is 3.25. The third-order valence-electron chi connectivity index (χ3n) is 5.08. The Labute approximate surface area is 181 Å². The van der Waals surface area contributed by atoms with E-state index >= 15 is 0 Å². The molecule has 30 heavy (non-hydrogen) atoms. The van der Waals surface area contributed by atoms with E-state index in [0.717, 1.165) is 44.0 Å². The maximum Gasteiger partial charge on any atom is 0.287 e. The van der Waals surface area contributed by atoms with Crippen molar-refractivity contribution in [3.63, 3.8) is 0 Å². The van der Waals surface area contributed by atoms with Gasteiger partial charge in [-0.05, 0) is 29.3 Å². The molecule has 1 fully saturated rings. The van der Waals surface area contributed by atoms with Crippen molar-refractivity contribution in [2.45, 2.75) is 23.7 Å². The zero-order chi connectivity index (χ0) is 20.6. The predicted molar refractivity (Wildman–Crippen MR) is 118 cm³/mol. The van der Waals surface area contributed by atoms with E-state index in [-0.39, 0.29) is 5.91 Å². The van der Waals surface area contributed by atoms with E-state index in [2.05, 4.69) is 46.6 Å². The second-order valence-electron chi connectivity index (χ2n) is 7.26. The van der Waals surface area contributed by atoms with Gasteiger partial charge in [-0.3, -0.25) is 9.69 Å². The molecule has 156 valence electrons. The molecular weight excluding hydrogens is 396 g/mol. The number of benzene rings is 2. The van der Waals surface area contributed by atoms with Crippen molar-refractivity contribution in [2.24, 2.45) is 0 Å². The zero-order valence-electron chi connectivity index (χ0n) is 16.9. The molecule has 1 amide bonds. The average Bonchev–Trinajstić information content (AvgIpc) is 3.27. The number of furan rings is 1. The highest BCUT2D eigenvalue weighted by Gasteiger charge is 2.15. The van der Waals surface area contributed by atoms with Gasteiger partial charge in [0.05, 0.1) is 19.5 Å². The Kier molecular flexibility index (Phi) is 7.24. The first kappa shape index (κ1) is 20.7. The smallest absolute Gasteiger partial charge is 0.287 e. The Morgan fingerprint density at radius 3 is 2.47 bits per heavy atom. The zero-order valence-corrected chi connectivity index (χ0v) is 17.7. The van der Waals surface area contributed by atoms with Crippen LogP contribution < -0.4 is 5.32 Å². The molecule has 0 aliphatic carbocycles. The first-order valence-electron chi connectivity index (χ1n) is 10.2. The quantitative estimate of drug-likeness (QED) is 0.548. The number of carbonyl (C=O) groups is 1. The monoisotopic (exact) mass is 422 g/mol. The molecule has 1 aromatic heterocycles. The lowest BCUT2D eigenvalue weighted by atomic mass is 10.1. The van der Waals surface area contributed by atoms with Gasteiger partial charge >= 0.3 is 0 Å². The molecule has 6 heteroatoms. The molecule has 3 aromatic rings. The van der Waals surface area contributed by atoms with Crippen LogP contribution in [0.15, 0.2) is 76.2 Å². The Balaban J connectivity index is 1.28. The maximum atomic E-state index is 12.6. The number of ether oxygens (including phenoxy) is 1. The van der Waals surface area contributed by atoms with Gasteiger partial charge in [-0.2, -0.15) is 0 Å². The van der Waals surface area contributed by atoms with E-state index in [4.69, 9.17) is 9.15 Å². The second-order valence-corrected chi connectivity index (χ2v) is 8.31. The molecule has 0 atom stereocenters. The summed E-state index contributed by atoms with van der Waals surface area (Å²) in [6, 6.07) is 20.4. The lowest BCUT2D eigenvalue weighted by Crippen LogP contribution is -2.35. The van der Waals surface area contributed by atoms with Crippen molar-refractivity contribution in [1.82, 2.24) is 10.2 Å². The predicted octanol–water partition coefficient (Wildman–Crippen LogP) is 4.33. The molecule has 1 saturated heterocycles. The normalized spacial score (nSPS) is 14.5. The topological polar surface area (TPSA) is 54.7 Å². The van der Waals surface area contributed by atoms with Crippen LogP contribution in [-0.2, 0) is 23.6 Å². The van der Waals surface area contributed by atoms with Crippen LogP contribution in [-0.4, -0.2) is 37.1 Å². The van der Waals surface area contributed by atoms with Crippen LogP contribution in [0.4, 0.5) is 0 Å². The SMILES string of the molecule is O=C(NCc1ccc(CN2CCOCC2)cc1)c1occc1CSc1ccccc1. The highest BCUT2D eigenvalue weighted by atomic mass is 32.2. The molecule has 0 bridgehead atoms.